The number of carbonyl (C=O) groups is 4. The summed E-state index contributed by atoms with van der Waals surface area (Å²) in [7, 11) is 2.14. The molecule has 0 radical (unpaired) electrons. The van der Waals surface area contributed by atoms with Crippen molar-refractivity contribution in [2.75, 3.05) is 14.2 Å². The zero-order valence-corrected chi connectivity index (χ0v) is 15.4. The lowest BCUT2D eigenvalue weighted by atomic mass is 9.87. The van der Waals surface area contributed by atoms with Gasteiger partial charge in [0.2, 0.25) is 0 Å². The van der Waals surface area contributed by atoms with Gasteiger partial charge in [0.05, 0.1) is 14.2 Å². The van der Waals surface area contributed by atoms with E-state index in [9.17, 15) is 24.3 Å². The second kappa shape index (κ2) is 9.16. The number of carbonyl (C=O) groups excluding carboxylic acids is 3. The summed E-state index contributed by atoms with van der Waals surface area (Å²) in [6, 6.07) is 4.83. The van der Waals surface area contributed by atoms with Gasteiger partial charge in [-0.1, -0.05) is 28.9 Å². The molecule has 0 saturated heterocycles. The Morgan fingerprint density at radius 2 is 1.68 bits per heavy atom. The lowest BCUT2D eigenvalue weighted by molar-refractivity contribution is -0.162. The van der Waals surface area contributed by atoms with Gasteiger partial charge in [-0.25, -0.2) is 4.79 Å². The van der Waals surface area contributed by atoms with E-state index in [4.69, 9.17) is 0 Å². The molecule has 1 aromatic rings. The number of hydrogen-bond acceptors (Lipinski definition) is 6. The number of halogens is 1. The van der Waals surface area contributed by atoms with E-state index in [1.54, 1.807) is 12.1 Å². The molecular formula is C16H18BrNO7. The van der Waals surface area contributed by atoms with Crippen molar-refractivity contribution in [1.29, 1.82) is 0 Å². The van der Waals surface area contributed by atoms with Gasteiger partial charge in [0.1, 0.15) is 6.04 Å². The average Bonchev–Trinajstić information content (AvgIpc) is 2.58. The number of methoxy groups -OCH3 is 2. The van der Waals surface area contributed by atoms with Crippen LogP contribution in [0.4, 0.5) is 0 Å². The number of amides is 1. The highest BCUT2D eigenvalue weighted by Gasteiger charge is 2.42. The van der Waals surface area contributed by atoms with Crippen molar-refractivity contribution in [2.45, 2.75) is 13.0 Å². The number of nitrogens with one attached hydrogen (secondary N) is 1. The first-order valence-corrected chi connectivity index (χ1v) is 7.97. The quantitative estimate of drug-likeness (QED) is 0.507. The Labute approximate surface area is 152 Å². The predicted molar refractivity (Wildman–Crippen MR) is 89.7 cm³/mol. The largest absolute Gasteiger partial charge is 0.480 e. The van der Waals surface area contributed by atoms with Gasteiger partial charge in [0.25, 0.3) is 5.91 Å². The molecule has 0 aromatic heterocycles. The summed E-state index contributed by atoms with van der Waals surface area (Å²) >= 11 is 3.22. The number of aliphatic carboxylic acids is 1. The van der Waals surface area contributed by atoms with E-state index >= 15 is 0 Å². The van der Waals surface area contributed by atoms with Crippen molar-refractivity contribution in [3.63, 3.8) is 0 Å². The summed E-state index contributed by atoms with van der Waals surface area (Å²) in [4.78, 5) is 47.6. The Hall–Kier alpha value is -2.42. The summed E-state index contributed by atoms with van der Waals surface area (Å²) in [5.74, 6) is -6.53. The van der Waals surface area contributed by atoms with E-state index in [2.05, 4.69) is 30.7 Å². The molecule has 0 fully saturated rings. The smallest absolute Gasteiger partial charge is 0.326 e. The van der Waals surface area contributed by atoms with E-state index in [1.165, 1.54) is 19.1 Å². The molecule has 0 aliphatic heterocycles. The number of ether oxygens (including phenoxy) is 2. The van der Waals surface area contributed by atoms with Gasteiger partial charge in [-0.3, -0.25) is 14.4 Å². The Balaban J connectivity index is 3.08. The maximum absolute atomic E-state index is 12.3. The zero-order chi connectivity index (χ0) is 19.1. The van der Waals surface area contributed by atoms with Gasteiger partial charge >= 0.3 is 17.9 Å². The fourth-order valence-corrected chi connectivity index (χ4v) is 2.64. The fraction of sp³-hybridized carbons (Fsp3) is 0.375. The molecular weight excluding hydrogens is 398 g/mol. The third-order valence-electron chi connectivity index (χ3n) is 3.60. The third-order valence-corrected chi connectivity index (χ3v) is 4.09. The highest BCUT2D eigenvalue weighted by molar-refractivity contribution is 9.10. The van der Waals surface area contributed by atoms with Gasteiger partial charge in [0, 0.05) is 16.0 Å². The van der Waals surface area contributed by atoms with Crippen molar-refractivity contribution in [2.24, 2.45) is 11.8 Å². The molecule has 1 rings (SSSR count). The minimum atomic E-state index is -1.50. The Morgan fingerprint density at radius 3 is 2.12 bits per heavy atom. The van der Waals surface area contributed by atoms with Gasteiger partial charge in [-0.05, 0) is 18.2 Å². The van der Waals surface area contributed by atoms with Crippen molar-refractivity contribution in [1.82, 2.24) is 5.32 Å². The minimum absolute atomic E-state index is 0.223. The van der Waals surface area contributed by atoms with E-state index in [0.29, 0.717) is 4.47 Å². The monoisotopic (exact) mass is 415 g/mol. The van der Waals surface area contributed by atoms with Crippen LogP contribution >= 0.6 is 15.9 Å². The molecule has 2 N–H and O–H groups in total. The maximum atomic E-state index is 12.3. The molecule has 8 nitrogen and oxygen atoms in total. The van der Waals surface area contributed by atoms with Gasteiger partial charge in [0.15, 0.2) is 5.92 Å². The summed E-state index contributed by atoms with van der Waals surface area (Å²) in [6.45, 7) is 1.35. The number of benzene rings is 1. The Kier molecular flexibility index (Phi) is 7.56. The van der Waals surface area contributed by atoms with Crippen LogP contribution in [-0.4, -0.2) is 49.2 Å². The van der Waals surface area contributed by atoms with Gasteiger partial charge in [-0.2, -0.15) is 0 Å². The molecule has 0 unspecified atom stereocenters. The molecule has 9 heteroatoms. The molecule has 1 aromatic carbocycles. The number of esters is 2. The maximum Gasteiger partial charge on any atom is 0.326 e. The van der Waals surface area contributed by atoms with E-state index in [-0.39, 0.29) is 5.56 Å². The van der Waals surface area contributed by atoms with Crippen LogP contribution in [0.3, 0.4) is 0 Å². The fourth-order valence-electron chi connectivity index (χ4n) is 2.24. The molecule has 0 saturated carbocycles. The summed E-state index contributed by atoms with van der Waals surface area (Å²) in [5.41, 5.74) is 0.223. The molecule has 136 valence electrons. The normalized spacial score (nSPS) is 12.8. The van der Waals surface area contributed by atoms with Crippen LogP contribution < -0.4 is 5.32 Å². The lowest BCUT2D eigenvalue weighted by Crippen LogP contribution is -2.50. The number of carboxylic acids is 1. The second-order valence-corrected chi connectivity index (χ2v) is 6.10. The van der Waals surface area contributed by atoms with Crippen molar-refractivity contribution in [3.05, 3.63) is 34.3 Å². The lowest BCUT2D eigenvalue weighted by Gasteiger charge is -2.26. The van der Waals surface area contributed by atoms with Crippen molar-refractivity contribution < 1.29 is 33.8 Å². The highest BCUT2D eigenvalue weighted by Crippen LogP contribution is 2.20. The summed E-state index contributed by atoms with van der Waals surface area (Å²) in [6.07, 6.45) is 0. The molecule has 0 bridgehead atoms. The van der Waals surface area contributed by atoms with Crippen LogP contribution in [0, 0.1) is 11.8 Å². The molecule has 0 aliphatic carbocycles. The second-order valence-electron chi connectivity index (χ2n) is 5.18. The first kappa shape index (κ1) is 20.6. The van der Waals surface area contributed by atoms with Crippen LogP contribution in [0.2, 0.25) is 0 Å². The number of hydrogen-bond donors (Lipinski definition) is 2. The molecule has 1 amide bonds. The van der Waals surface area contributed by atoms with Crippen LogP contribution in [0.15, 0.2) is 28.7 Å². The number of rotatable bonds is 7. The SMILES string of the molecule is COC(=O)C(C(=O)OC)[C@@H](C)[C@H](NC(=O)c1cccc(Br)c1)C(=O)O. The topological polar surface area (TPSA) is 119 Å². The third kappa shape index (κ3) is 5.28. The van der Waals surface area contributed by atoms with Crippen molar-refractivity contribution in [3.8, 4) is 0 Å². The van der Waals surface area contributed by atoms with Crippen LogP contribution in [0.1, 0.15) is 17.3 Å². The predicted octanol–water partition coefficient (Wildman–Crippen LogP) is 1.23. The molecule has 0 aliphatic rings. The van der Waals surface area contributed by atoms with E-state index in [0.717, 1.165) is 14.2 Å². The molecule has 25 heavy (non-hydrogen) atoms. The van der Waals surface area contributed by atoms with Crippen LogP contribution in [-0.2, 0) is 23.9 Å². The minimum Gasteiger partial charge on any atom is -0.480 e. The average molecular weight is 416 g/mol. The highest BCUT2D eigenvalue weighted by atomic mass is 79.9. The van der Waals surface area contributed by atoms with Crippen molar-refractivity contribution >= 4 is 39.7 Å². The Morgan fingerprint density at radius 1 is 1.12 bits per heavy atom. The molecule has 0 spiro atoms. The summed E-state index contributed by atoms with van der Waals surface area (Å²) < 4.78 is 9.72. The van der Waals surface area contributed by atoms with E-state index in [1.807, 2.05) is 0 Å². The number of carboxylic acid groups (broad SMARTS) is 1. The van der Waals surface area contributed by atoms with Crippen LogP contribution in [0.5, 0.6) is 0 Å². The van der Waals surface area contributed by atoms with E-state index < -0.39 is 41.7 Å². The summed E-state index contributed by atoms with van der Waals surface area (Å²) in [5, 5.41) is 11.7. The Bertz CT molecular complexity index is 660. The first-order valence-electron chi connectivity index (χ1n) is 7.17. The standard InChI is InChI=1S/C16H18BrNO7/c1-8(11(15(22)24-2)16(23)25-3)12(14(20)21)18-13(19)9-5-4-6-10(17)7-9/h4-8,11-12H,1-3H3,(H,18,19)(H,20,21)/t8-,12+/m1/s1. The van der Waals surface area contributed by atoms with Gasteiger partial charge < -0.3 is 19.9 Å². The van der Waals surface area contributed by atoms with Gasteiger partial charge in [-0.15, -0.1) is 0 Å². The first-order chi connectivity index (χ1) is 11.7. The van der Waals surface area contributed by atoms with Crippen LogP contribution in [0.25, 0.3) is 0 Å². The molecule has 2 atom stereocenters. The molecule has 0 heterocycles. The zero-order valence-electron chi connectivity index (χ0n) is 13.8.